The van der Waals surface area contributed by atoms with Gasteiger partial charge in [-0.1, -0.05) is 19.8 Å². The predicted molar refractivity (Wildman–Crippen MR) is 84.8 cm³/mol. The summed E-state index contributed by atoms with van der Waals surface area (Å²) in [5.41, 5.74) is 5.83. The fraction of sp³-hybridized carbons (Fsp3) is 0.571. The molecule has 0 aromatic heterocycles. The first-order chi connectivity index (χ1) is 9.79. The highest BCUT2D eigenvalue weighted by atomic mass is 79.9. The summed E-state index contributed by atoms with van der Waals surface area (Å²) in [4.78, 5) is -0.396. The van der Waals surface area contributed by atoms with Crippen LogP contribution in [-0.4, -0.2) is 15.0 Å². The summed E-state index contributed by atoms with van der Waals surface area (Å²) in [5, 5.41) is 0. The number of anilines is 1. The summed E-state index contributed by atoms with van der Waals surface area (Å²) in [6.45, 7) is 2.56. The quantitative estimate of drug-likeness (QED) is 0.789. The molecule has 1 aromatic rings. The smallest absolute Gasteiger partial charge is 0.243 e. The van der Waals surface area contributed by atoms with Crippen molar-refractivity contribution in [2.24, 2.45) is 11.8 Å². The van der Waals surface area contributed by atoms with E-state index in [1.807, 2.05) is 0 Å². The van der Waals surface area contributed by atoms with Crippen LogP contribution in [0.5, 0.6) is 0 Å². The Kier molecular flexibility index (Phi) is 5.27. The normalized spacial score (nSPS) is 23.2. The van der Waals surface area contributed by atoms with Gasteiger partial charge < -0.3 is 5.73 Å². The summed E-state index contributed by atoms with van der Waals surface area (Å²) < 4.78 is 41.1. The highest BCUT2D eigenvalue weighted by Gasteiger charge is 2.24. The summed E-state index contributed by atoms with van der Waals surface area (Å²) in [7, 11) is -3.87. The zero-order chi connectivity index (χ0) is 15.6. The molecule has 0 saturated heterocycles. The second-order valence-corrected chi connectivity index (χ2v) is 8.37. The van der Waals surface area contributed by atoms with Crippen molar-refractivity contribution in [3.05, 3.63) is 22.4 Å². The van der Waals surface area contributed by atoms with E-state index in [0.717, 1.165) is 37.8 Å². The molecule has 0 radical (unpaired) electrons. The lowest BCUT2D eigenvalue weighted by molar-refractivity contribution is 0.290. The maximum absolute atomic E-state index is 13.8. The Hall–Kier alpha value is -0.660. The molecule has 7 heteroatoms. The van der Waals surface area contributed by atoms with Gasteiger partial charge in [-0.15, -0.1) is 0 Å². The summed E-state index contributed by atoms with van der Waals surface area (Å²) in [5.74, 6) is 0.231. The Balaban J connectivity index is 2.07. The van der Waals surface area contributed by atoms with Gasteiger partial charge in [0.2, 0.25) is 10.0 Å². The lowest BCUT2D eigenvalue weighted by atomic mass is 9.83. The Bertz CT molecular complexity index is 614. The van der Waals surface area contributed by atoms with Gasteiger partial charge in [-0.25, -0.2) is 17.5 Å². The maximum Gasteiger partial charge on any atom is 0.243 e. The minimum absolute atomic E-state index is 0.197. The number of sulfonamides is 1. The van der Waals surface area contributed by atoms with Crippen LogP contribution in [-0.2, 0) is 10.0 Å². The van der Waals surface area contributed by atoms with Crippen molar-refractivity contribution >= 4 is 31.6 Å². The highest BCUT2D eigenvalue weighted by Crippen LogP contribution is 2.29. The van der Waals surface area contributed by atoms with Crippen LogP contribution in [0.15, 0.2) is 21.5 Å². The number of hydrogen-bond acceptors (Lipinski definition) is 3. The second-order valence-electron chi connectivity index (χ2n) is 5.78. The molecule has 0 bridgehead atoms. The average Bonchev–Trinajstić information content (AvgIpc) is 2.42. The molecule has 0 amide bonds. The van der Waals surface area contributed by atoms with E-state index in [0.29, 0.717) is 22.9 Å². The molecule has 1 fully saturated rings. The van der Waals surface area contributed by atoms with Crippen LogP contribution in [0.25, 0.3) is 0 Å². The summed E-state index contributed by atoms with van der Waals surface area (Å²) >= 11 is 3.07. The van der Waals surface area contributed by atoms with Gasteiger partial charge in [0.15, 0.2) is 0 Å². The van der Waals surface area contributed by atoms with Crippen LogP contribution >= 0.6 is 15.9 Å². The van der Waals surface area contributed by atoms with Crippen LogP contribution in [0.4, 0.5) is 10.1 Å². The average molecular weight is 379 g/mol. The van der Waals surface area contributed by atoms with E-state index >= 15 is 0 Å². The third-order valence-corrected chi connectivity index (χ3v) is 6.16. The van der Waals surface area contributed by atoms with E-state index in [-0.39, 0.29) is 5.69 Å². The van der Waals surface area contributed by atoms with Crippen molar-refractivity contribution in [1.29, 1.82) is 0 Å². The van der Waals surface area contributed by atoms with E-state index in [2.05, 4.69) is 27.6 Å². The first kappa shape index (κ1) is 16.7. The van der Waals surface area contributed by atoms with Gasteiger partial charge in [-0.3, -0.25) is 0 Å². The standard InChI is InChI=1S/C14H20BrFN2O2S/c1-9-2-4-10(5-3-9)8-18-21(19,20)14-7-13(17)11(15)6-12(14)16/h6-7,9-10,18H,2-5,8,17H2,1H3. The molecule has 0 spiro atoms. The molecular formula is C14H20BrFN2O2S. The van der Waals surface area contributed by atoms with Crippen molar-refractivity contribution in [2.75, 3.05) is 12.3 Å². The first-order valence-corrected chi connectivity index (χ1v) is 9.31. The predicted octanol–water partition coefficient (Wildman–Crippen LogP) is 3.28. The largest absolute Gasteiger partial charge is 0.398 e. The SMILES string of the molecule is CC1CCC(CNS(=O)(=O)c2cc(N)c(Br)cc2F)CC1. The molecule has 0 unspecified atom stereocenters. The number of nitrogen functional groups attached to an aromatic ring is 1. The van der Waals surface area contributed by atoms with E-state index in [1.54, 1.807) is 0 Å². The molecule has 3 N–H and O–H groups in total. The van der Waals surface area contributed by atoms with Gasteiger partial charge in [-0.05, 0) is 52.7 Å². The van der Waals surface area contributed by atoms with Crippen molar-refractivity contribution in [2.45, 2.75) is 37.5 Å². The number of nitrogens with one attached hydrogen (secondary N) is 1. The van der Waals surface area contributed by atoms with Crippen LogP contribution in [0, 0.1) is 17.7 Å². The van der Waals surface area contributed by atoms with Gasteiger partial charge in [0.25, 0.3) is 0 Å². The third-order valence-electron chi connectivity index (χ3n) is 4.04. The third kappa shape index (κ3) is 4.17. The number of hydrogen-bond donors (Lipinski definition) is 2. The number of nitrogens with two attached hydrogens (primary N) is 1. The van der Waals surface area contributed by atoms with Gasteiger partial charge in [0, 0.05) is 16.7 Å². The lowest BCUT2D eigenvalue weighted by Crippen LogP contribution is -2.31. The van der Waals surface area contributed by atoms with Gasteiger partial charge >= 0.3 is 0 Å². The van der Waals surface area contributed by atoms with E-state index in [4.69, 9.17) is 5.73 Å². The molecule has 1 aromatic carbocycles. The maximum atomic E-state index is 13.8. The van der Waals surface area contributed by atoms with E-state index in [1.165, 1.54) is 0 Å². The van der Waals surface area contributed by atoms with Gasteiger partial charge in [0.05, 0.1) is 0 Å². The lowest BCUT2D eigenvalue weighted by Gasteiger charge is -2.26. The molecule has 2 rings (SSSR count). The molecular weight excluding hydrogens is 359 g/mol. The van der Waals surface area contributed by atoms with Crippen LogP contribution in [0.2, 0.25) is 0 Å². The van der Waals surface area contributed by atoms with Crippen LogP contribution in [0.1, 0.15) is 32.6 Å². The highest BCUT2D eigenvalue weighted by molar-refractivity contribution is 9.10. The van der Waals surface area contributed by atoms with Crippen molar-refractivity contribution in [1.82, 2.24) is 4.72 Å². The second kappa shape index (κ2) is 6.62. The monoisotopic (exact) mass is 378 g/mol. The Morgan fingerprint density at radius 2 is 1.95 bits per heavy atom. The van der Waals surface area contributed by atoms with Gasteiger partial charge in [0.1, 0.15) is 10.7 Å². The molecule has 0 heterocycles. The topological polar surface area (TPSA) is 72.2 Å². The molecule has 1 saturated carbocycles. The first-order valence-electron chi connectivity index (χ1n) is 7.04. The van der Waals surface area contributed by atoms with Crippen molar-refractivity contribution < 1.29 is 12.8 Å². The molecule has 0 aliphatic heterocycles. The molecule has 4 nitrogen and oxygen atoms in total. The van der Waals surface area contributed by atoms with Crippen molar-refractivity contribution in [3.8, 4) is 0 Å². The minimum Gasteiger partial charge on any atom is -0.398 e. The molecule has 21 heavy (non-hydrogen) atoms. The van der Waals surface area contributed by atoms with Crippen LogP contribution in [0.3, 0.4) is 0 Å². The van der Waals surface area contributed by atoms with E-state index < -0.39 is 20.7 Å². The molecule has 0 atom stereocenters. The Morgan fingerprint density at radius 3 is 2.57 bits per heavy atom. The number of halogens is 2. The fourth-order valence-corrected chi connectivity index (χ4v) is 4.11. The zero-order valence-corrected chi connectivity index (χ0v) is 14.3. The molecule has 1 aliphatic rings. The summed E-state index contributed by atoms with van der Waals surface area (Å²) in [6.07, 6.45) is 4.25. The fourth-order valence-electron chi connectivity index (χ4n) is 2.59. The molecule has 118 valence electrons. The molecule has 1 aliphatic carbocycles. The number of benzene rings is 1. The summed E-state index contributed by atoms with van der Waals surface area (Å²) in [6, 6.07) is 2.22. The van der Waals surface area contributed by atoms with E-state index in [9.17, 15) is 12.8 Å². The minimum atomic E-state index is -3.87. The zero-order valence-electron chi connectivity index (χ0n) is 11.9. The van der Waals surface area contributed by atoms with Gasteiger partial charge in [-0.2, -0.15) is 0 Å². The van der Waals surface area contributed by atoms with Crippen LogP contribution < -0.4 is 10.5 Å². The Morgan fingerprint density at radius 1 is 1.33 bits per heavy atom. The van der Waals surface area contributed by atoms with Crippen molar-refractivity contribution in [3.63, 3.8) is 0 Å². The number of rotatable bonds is 4. The Labute approximate surface area is 133 Å².